The molecule has 0 amide bonds. The zero-order valence-electron chi connectivity index (χ0n) is 21.3. The summed E-state index contributed by atoms with van der Waals surface area (Å²) in [6.45, 7) is 8.13. The highest BCUT2D eigenvalue weighted by atomic mass is 35.5. The third-order valence-electron chi connectivity index (χ3n) is 7.54. The van der Waals surface area contributed by atoms with Crippen LogP contribution in [0.5, 0.6) is 0 Å². The van der Waals surface area contributed by atoms with Crippen LogP contribution in [-0.4, -0.2) is 35.3 Å². The second kappa shape index (κ2) is 8.73. The number of nitrogens with two attached hydrogens (primary N) is 1. The lowest BCUT2D eigenvalue weighted by Gasteiger charge is -2.49. The number of halogens is 3. The molecule has 2 aliphatic rings. The second-order valence-corrected chi connectivity index (χ2v) is 12.6. The smallest absolute Gasteiger partial charge is 0.158 e. The summed E-state index contributed by atoms with van der Waals surface area (Å²) in [4.78, 5) is 11.8. The summed E-state index contributed by atoms with van der Waals surface area (Å²) in [5.41, 5.74) is 5.97. The van der Waals surface area contributed by atoms with Crippen molar-refractivity contribution in [2.24, 2.45) is 0 Å². The standard InChI is InChI=1S/C28H26ClF2N5OS/c1-27(2,3)26-34-22-15(25(35-26)36-9-4-7-28(13-36)8-10-37-28)11-17(29)20(21(22)31)14-5-6-18(30)23-19(14)16(12-32)24(33)38-23/h5-6,11H,4,7-10,13,33H2,1-3H3/t28-/m0/s1. The van der Waals surface area contributed by atoms with Crippen LogP contribution in [-0.2, 0) is 10.2 Å². The third kappa shape index (κ3) is 3.81. The van der Waals surface area contributed by atoms with Crippen molar-refractivity contribution in [1.29, 1.82) is 5.26 Å². The summed E-state index contributed by atoms with van der Waals surface area (Å²) in [6, 6.07) is 6.40. The van der Waals surface area contributed by atoms with Gasteiger partial charge in [-0.3, -0.25) is 0 Å². The Balaban J connectivity index is 1.63. The molecule has 38 heavy (non-hydrogen) atoms. The van der Waals surface area contributed by atoms with Crippen molar-refractivity contribution in [2.75, 3.05) is 30.3 Å². The van der Waals surface area contributed by atoms with Crippen LogP contribution in [0, 0.1) is 23.0 Å². The van der Waals surface area contributed by atoms with Crippen LogP contribution in [0.2, 0.25) is 5.02 Å². The summed E-state index contributed by atoms with van der Waals surface area (Å²) in [5, 5.41) is 10.8. The number of aromatic nitrogens is 2. The highest BCUT2D eigenvalue weighted by Crippen LogP contribution is 2.46. The number of ether oxygens (including phenoxy) is 1. The monoisotopic (exact) mass is 553 g/mol. The molecule has 2 aromatic heterocycles. The van der Waals surface area contributed by atoms with Gasteiger partial charge in [-0.25, -0.2) is 18.7 Å². The van der Waals surface area contributed by atoms with Gasteiger partial charge in [-0.2, -0.15) is 5.26 Å². The molecule has 2 saturated heterocycles. The van der Waals surface area contributed by atoms with Crippen molar-refractivity contribution < 1.29 is 13.5 Å². The van der Waals surface area contributed by atoms with Crippen molar-refractivity contribution >= 4 is 54.7 Å². The molecule has 0 saturated carbocycles. The minimum Gasteiger partial charge on any atom is -0.389 e. The first-order chi connectivity index (χ1) is 18.0. The highest BCUT2D eigenvalue weighted by molar-refractivity contribution is 7.23. The maximum atomic E-state index is 16.6. The van der Waals surface area contributed by atoms with Gasteiger partial charge in [-0.15, -0.1) is 11.3 Å². The van der Waals surface area contributed by atoms with Crippen LogP contribution >= 0.6 is 22.9 Å². The molecule has 4 aromatic rings. The maximum Gasteiger partial charge on any atom is 0.158 e. The number of rotatable bonds is 2. The Morgan fingerprint density at radius 1 is 1.24 bits per heavy atom. The van der Waals surface area contributed by atoms with Gasteiger partial charge in [-0.05, 0) is 30.5 Å². The van der Waals surface area contributed by atoms with Gasteiger partial charge in [0.2, 0.25) is 0 Å². The maximum absolute atomic E-state index is 16.6. The van der Waals surface area contributed by atoms with Crippen LogP contribution in [0.1, 0.15) is 51.4 Å². The van der Waals surface area contributed by atoms with E-state index in [4.69, 9.17) is 27.1 Å². The number of hydrogen-bond acceptors (Lipinski definition) is 7. The van der Waals surface area contributed by atoms with Crippen molar-refractivity contribution in [3.8, 4) is 17.2 Å². The van der Waals surface area contributed by atoms with Gasteiger partial charge in [0.25, 0.3) is 0 Å². The molecule has 0 radical (unpaired) electrons. The third-order valence-corrected chi connectivity index (χ3v) is 8.86. The summed E-state index contributed by atoms with van der Waals surface area (Å²) >= 11 is 7.74. The Morgan fingerprint density at radius 2 is 2.00 bits per heavy atom. The first-order valence-electron chi connectivity index (χ1n) is 12.5. The Bertz CT molecular complexity index is 1670. The van der Waals surface area contributed by atoms with Gasteiger partial charge < -0.3 is 15.4 Å². The molecule has 10 heteroatoms. The molecule has 196 valence electrons. The van der Waals surface area contributed by atoms with E-state index in [1.54, 1.807) is 6.07 Å². The van der Waals surface area contributed by atoms with E-state index in [0.717, 1.165) is 43.8 Å². The quantitative estimate of drug-likeness (QED) is 0.289. The number of nitriles is 1. The fraction of sp³-hybridized carbons (Fsp3) is 0.393. The minimum absolute atomic E-state index is 0.0559. The van der Waals surface area contributed by atoms with Gasteiger partial charge in [0.1, 0.15) is 34.0 Å². The Morgan fingerprint density at radius 3 is 2.66 bits per heavy atom. The Hall–Kier alpha value is -3.06. The van der Waals surface area contributed by atoms with E-state index in [-0.39, 0.29) is 42.4 Å². The van der Waals surface area contributed by atoms with Gasteiger partial charge in [0.05, 0.1) is 27.5 Å². The predicted molar refractivity (Wildman–Crippen MR) is 148 cm³/mol. The van der Waals surface area contributed by atoms with Gasteiger partial charge in [0.15, 0.2) is 5.82 Å². The van der Waals surface area contributed by atoms with Gasteiger partial charge in [0, 0.05) is 41.3 Å². The van der Waals surface area contributed by atoms with E-state index in [1.165, 1.54) is 12.1 Å². The van der Waals surface area contributed by atoms with Gasteiger partial charge >= 0.3 is 0 Å². The lowest BCUT2D eigenvalue weighted by molar-refractivity contribution is -0.151. The number of piperidine rings is 1. The average molecular weight is 554 g/mol. The topological polar surface area (TPSA) is 88.1 Å². The Labute approximate surface area is 228 Å². The molecule has 6 nitrogen and oxygen atoms in total. The van der Waals surface area contributed by atoms with E-state index in [0.29, 0.717) is 29.1 Å². The van der Waals surface area contributed by atoms with E-state index in [1.807, 2.05) is 26.8 Å². The number of hydrogen-bond donors (Lipinski definition) is 1. The first-order valence-corrected chi connectivity index (χ1v) is 13.7. The molecule has 2 aliphatic heterocycles. The van der Waals surface area contributed by atoms with Crippen LogP contribution in [0.3, 0.4) is 0 Å². The summed E-state index contributed by atoms with van der Waals surface area (Å²) < 4.78 is 37.4. The van der Waals surface area contributed by atoms with Crippen molar-refractivity contribution in [2.45, 2.75) is 51.0 Å². The zero-order chi connectivity index (χ0) is 27.0. The largest absolute Gasteiger partial charge is 0.389 e. The number of thiophene rings is 1. The van der Waals surface area contributed by atoms with Crippen molar-refractivity contribution in [3.05, 3.63) is 46.2 Å². The lowest BCUT2D eigenvalue weighted by atomic mass is 9.85. The molecule has 2 aromatic carbocycles. The molecule has 2 fully saturated rings. The van der Waals surface area contributed by atoms with Crippen molar-refractivity contribution in [3.63, 3.8) is 0 Å². The highest BCUT2D eigenvalue weighted by Gasteiger charge is 2.43. The second-order valence-electron chi connectivity index (χ2n) is 11.1. The molecule has 1 spiro atoms. The summed E-state index contributed by atoms with van der Waals surface area (Å²) in [7, 11) is 0. The van der Waals surface area contributed by atoms with Crippen LogP contribution in [0.15, 0.2) is 18.2 Å². The molecule has 0 aliphatic carbocycles. The lowest BCUT2D eigenvalue weighted by Crippen LogP contribution is -2.56. The SMILES string of the molecule is CC(C)(C)c1nc(N2CCC[C@]3(CCO3)C2)c2cc(Cl)c(-c3ccc(F)c4sc(N)c(C#N)c34)c(F)c2n1. The number of benzene rings is 2. The van der Waals surface area contributed by atoms with E-state index < -0.39 is 17.0 Å². The average Bonchev–Trinajstić information content (AvgIpc) is 3.20. The van der Waals surface area contributed by atoms with Crippen LogP contribution < -0.4 is 10.6 Å². The molecule has 1 atom stereocenters. The minimum atomic E-state index is -0.644. The van der Waals surface area contributed by atoms with Gasteiger partial charge in [-0.1, -0.05) is 38.4 Å². The van der Waals surface area contributed by atoms with E-state index in [2.05, 4.69) is 9.88 Å². The zero-order valence-corrected chi connectivity index (χ0v) is 22.9. The molecular formula is C28H26ClF2N5OS. The molecule has 4 heterocycles. The number of fused-ring (bicyclic) bond motifs is 2. The van der Waals surface area contributed by atoms with Crippen LogP contribution in [0.25, 0.3) is 32.1 Å². The fourth-order valence-electron chi connectivity index (χ4n) is 5.50. The predicted octanol–water partition coefficient (Wildman–Crippen LogP) is 6.95. The molecule has 2 N–H and O–H groups in total. The van der Waals surface area contributed by atoms with E-state index >= 15 is 4.39 Å². The fourth-order valence-corrected chi connectivity index (χ4v) is 6.75. The molecule has 0 bridgehead atoms. The number of nitrogens with zero attached hydrogens (tertiary/aromatic N) is 4. The summed E-state index contributed by atoms with van der Waals surface area (Å²) in [6.07, 6.45) is 2.92. The molecule has 6 rings (SSSR count). The summed E-state index contributed by atoms with van der Waals surface area (Å²) in [5.74, 6) is -0.0439. The molecule has 0 unspecified atom stereocenters. The normalized spacial score (nSPS) is 19.8. The van der Waals surface area contributed by atoms with E-state index in [9.17, 15) is 9.65 Å². The van der Waals surface area contributed by atoms with Crippen molar-refractivity contribution in [1.82, 2.24) is 9.97 Å². The number of nitrogen functional groups attached to an aromatic ring is 1. The van der Waals surface area contributed by atoms with Crippen LogP contribution in [0.4, 0.5) is 19.6 Å². The number of anilines is 2. The Kier molecular flexibility index (Phi) is 5.80. The molecular weight excluding hydrogens is 528 g/mol. The first kappa shape index (κ1) is 25.2.